The van der Waals surface area contributed by atoms with E-state index in [9.17, 15) is 4.79 Å². The highest BCUT2D eigenvalue weighted by Gasteiger charge is 2.04. The van der Waals surface area contributed by atoms with E-state index in [2.05, 4.69) is 5.32 Å². The lowest BCUT2D eigenvalue weighted by molar-refractivity contribution is -0.121. The van der Waals surface area contributed by atoms with Gasteiger partial charge in [-0.2, -0.15) is 0 Å². The second-order valence-electron chi connectivity index (χ2n) is 5.36. The predicted octanol–water partition coefficient (Wildman–Crippen LogP) is 3.11. The van der Waals surface area contributed by atoms with Crippen LogP contribution in [0.15, 0.2) is 18.2 Å². The van der Waals surface area contributed by atoms with Gasteiger partial charge in [0.15, 0.2) is 0 Å². The van der Waals surface area contributed by atoms with Gasteiger partial charge in [0.05, 0.1) is 0 Å². The Kier molecular flexibility index (Phi) is 7.63. The molecule has 1 rings (SSSR count). The molecule has 20 heavy (non-hydrogen) atoms. The molecule has 0 radical (unpaired) electrons. The molecule has 1 unspecified atom stereocenters. The number of carbonyl (C=O) groups is 1. The molecular weight excluding hydrogens is 274 g/mol. The molecule has 4 heteroatoms. The molecule has 112 valence electrons. The van der Waals surface area contributed by atoms with Gasteiger partial charge in [0, 0.05) is 24.6 Å². The van der Waals surface area contributed by atoms with Crippen LogP contribution in [0.2, 0.25) is 5.02 Å². The lowest BCUT2D eigenvalue weighted by Gasteiger charge is -2.09. The highest BCUT2D eigenvalue weighted by atomic mass is 35.5. The molecule has 1 amide bonds. The molecule has 3 nitrogen and oxygen atoms in total. The fourth-order valence-corrected chi connectivity index (χ4v) is 2.11. The van der Waals surface area contributed by atoms with Gasteiger partial charge in [-0.05, 0) is 49.3 Å². The Bertz CT molecular complexity index is 434. The second kappa shape index (κ2) is 8.98. The number of amides is 1. The van der Waals surface area contributed by atoms with E-state index >= 15 is 0 Å². The molecule has 0 saturated carbocycles. The van der Waals surface area contributed by atoms with Gasteiger partial charge >= 0.3 is 0 Å². The summed E-state index contributed by atoms with van der Waals surface area (Å²) in [5.41, 5.74) is 2.14. The van der Waals surface area contributed by atoms with Crippen molar-refractivity contribution in [1.29, 1.82) is 0 Å². The van der Waals surface area contributed by atoms with Crippen LogP contribution in [-0.4, -0.2) is 24.2 Å². The van der Waals surface area contributed by atoms with Crippen molar-refractivity contribution >= 4 is 17.5 Å². The molecule has 0 aliphatic rings. The van der Waals surface area contributed by atoms with Crippen molar-refractivity contribution in [3.63, 3.8) is 0 Å². The summed E-state index contributed by atoms with van der Waals surface area (Å²) in [6.07, 6.45) is 3.03. The molecule has 0 saturated heterocycles. The first kappa shape index (κ1) is 17.0. The minimum atomic E-state index is 0.0679. The molecule has 2 N–H and O–H groups in total. The number of benzene rings is 1. The molecule has 0 bridgehead atoms. The fourth-order valence-electron chi connectivity index (χ4n) is 1.91. The number of aliphatic hydroxyl groups excluding tert-OH is 1. The van der Waals surface area contributed by atoms with Gasteiger partial charge in [0.2, 0.25) is 5.91 Å². The molecule has 1 aromatic rings. The summed E-state index contributed by atoms with van der Waals surface area (Å²) in [5, 5.41) is 12.6. The highest BCUT2D eigenvalue weighted by Crippen LogP contribution is 2.17. The Labute approximate surface area is 126 Å². The number of aryl methyl sites for hydroxylation is 2. The minimum Gasteiger partial charge on any atom is -0.396 e. The van der Waals surface area contributed by atoms with Crippen molar-refractivity contribution in [2.75, 3.05) is 13.2 Å². The van der Waals surface area contributed by atoms with Gasteiger partial charge in [0.25, 0.3) is 0 Å². The first-order valence-corrected chi connectivity index (χ1v) is 7.53. The largest absolute Gasteiger partial charge is 0.396 e. The topological polar surface area (TPSA) is 49.3 Å². The Balaban J connectivity index is 2.21. The van der Waals surface area contributed by atoms with Crippen LogP contribution in [0.3, 0.4) is 0 Å². The van der Waals surface area contributed by atoms with E-state index in [0.717, 1.165) is 29.0 Å². The predicted molar refractivity (Wildman–Crippen MR) is 83.0 cm³/mol. The van der Waals surface area contributed by atoms with Crippen molar-refractivity contribution in [2.24, 2.45) is 5.92 Å². The molecule has 1 aromatic carbocycles. The average molecular weight is 298 g/mol. The monoisotopic (exact) mass is 297 g/mol. The van der Waals surface area contributed by atoms with Crippen LogP contribution in [0.5, 0.6) is 0 Å². The second-order valence-corrected chi connectivity index (χ2v) is 5.77. The maximum Gasteiger partial charge on any atom is 0.220 e. The van der Waals surface area contributed by atoms with Crippen LogP contribution in [0.1, 0.15) is 37.3 Å². The fraction of sp³-hybridized carbons (Fsp3) is 0.562. The molecule has 0 aliphatic carbocycles. The standard InChI is InChI=1S/C16H24ClNO2/c1-12(11-19)4-3-9-18-16(20)8-7-14-6-5-13(2)15(17)10-14/h5-6,10,12,19H,3-4,7-9,11H2,1-2H3,(H,18,20). The maximum atomic E-state index is 11.7. The van der Waals surface area contributed by atoms with E-state index in [1.54, 1.807) is 0 Å². The van der Waals surface area contributed by atoms with Gasteiger partial charge < -0.3 is 10.4 Å². The number of halogens is 1. The van der Waals surface area contributed by atoms with Gasteiger partial charge in [0.1, 0.15) is 0 Å². The lowest BCUT2D eigenvalue weighted by Crippen LogP contribution is -2.25. The molecule has 0 spiro atoms. The third-order valence-electron chi connectivity index (χ3n) is 3.38. The van der Waals surface area contributed by atoms with Crippen molar-refractivity contribution in [1.82, 2.24) is 5.32 Å². The third kappa shape index (κ3) is 6.40. The number of hydrogen-bond acceptors (Lipinski definition) is 2. The Morgan fingerprint density at radius 3 is 2.85 bits per heavy atom. The summed E-state index contributed by atoms with van der Waals surface area (Å²) in [6, 6.07) is 5.91. The molecule has 1 atom stereocenters. The van der Waals surface area contributed by atoms with Gasteiger partial charge in [-0.1, -0.05) is 30.7 Å². The zero-order chi connectivity index (χ0) is 15.0. The number of aliphatic hydroxyl groups is 1. The molecule has 0 fully saturated rings. The van der Waals surface area contributed by atoms with Gasteiger partial charge in [-0.3, -0.25) is 4.79 Å². The smallest absolute Gasteiger partial charge is 0.220 e. The van der Waals surface area contributed by atoms with Crippen molar-refractivity contribution in [3.05, 3.63) is 34.3 Å². The van der Waals surface area contributed by atoms with E-state index in [0.29, 0.717) is 25.3 Å². The van der Waals surface area contributed by atoms with Crippen LogP contribution >= 0.6 is 11.6 Å². The summed E-state index contributed by atoms with van der Waals surface area (Å²) < 4.78 is 0. The number of carbonyl (C=O) groups excluding carboxylic acids is 1. The summed E-state index contributed by atoms with van der Waals surface area (Å²) in [5.74, 6) is 0.375. The van der Waals surface area contributed by atoms with Crippen molar-refractivity contribution in [3.8, 4) is 0 Å². The summed E-state index contributed by atoms with van der Waals surface area (Å²) in [7, 11) is 0. The van der Waals surface area contributed by atoms with E-state index in [1.165, 1.54) is 0 Å². The highest BCUT2D eigenvalue weighted by molar-refractivity contribution is 6.31. The van der Waals surface area contributed by atoms with E-state index in [1.807, 2.05) is 32.0 Å². The number of nitrogens with one attached hydrogen (secondary N) is 1. The summed E-state index contributed by atoms with van der Waals surface area (Å²) in [4.78, 5) is 11.7. The van der Waals surface area contributed by atoms with Crippen molar-refractivity contribution in [2.45, 2.75) is 39.5 Å². The number of rotatable bonds is 8. The average Bonchev–Trinajstić information content (AvgIpc) is 2.44. The lowest BCUT2D eigenvalue weighted by atomic mass is 10.1. The molecule has 0 heterocycles. The van der Waals surface area contributed by atoms with Crippen LogP contribution in [0.25, 0.3) is 0 Å². The van der Waals surface area contributed by atoms with E-state index in [-0.39, 0.29) is 12.5 Å². The zero-order valence-electron chi connectivity index (χ0n) is 12.3. The van der Waals surface area contributed by atoms with Gasteiger partial charge in [-0.15, -0.1) is 0 Å². The first-order chi connectivity index (χ1) is 9.52. The summed E-state index contributed by atoms with van der Waals surface area (Å²) >= 11 is 6.05. The van der Waals surface area contributed by atoms with E-state index < -0.39 is 0 Å². The minimum absolute atomic E-state index is 0.0679. The molecule has 0 aromatic heterocycles. The number of hydrogen-bond donors (Lipinski definition) is 2. The zero-order valence-corrected chi connectivity index (χ0v) is 13.0. The Morgan fingerprint density at radius 1 is 1.45 bits per heavy atom. The Morgan fingerprint density at radius 2 is 2.20 bits per heavy atom. The van der Waals surface area contributed by atoms with Gasteiger partial charge in [-0.25, -0.2) is 0 Å². The first-order valence-electron chi connectivity index (χ1n) is 7.15. The van der Waals surface area contributed by atoms with E-state index in [4.69, 9.17) is 16.7 Å². The summed E-state index contributed by atoms with van der Waals surface area (Å²) in [6.45, 7) is 4.86. The van der Waals surface area contributed by atoms with Crippen LogP contribution in [0.4, 0.5) is 0 Å². The quantitative estimate of drug-likeness (QED) is 0.724. The normalized spacial score (nSPS) is 12.2. The van der Waals surface area contributed by atoms with Crippen LogP contribution in [-0.2, 0) is 11.2 Å². The molecule has 0 aliphatic heterocycles. The van der Waals surface area contributed by atoms with Crippen LogP contribution < -0.4 is 5.32 Å². The van der Waals surface area contributed by atoms with Crippen LogP contribution in [0, 0.1) is 12.8 Å². The molecular formula is C16H24ClNO2. The van der Waals surface area contributed by atoms with Crippen molar-refractivity contribution < 1.29 is 9.90 Å². The Hall–Kier alpha value is -1.06. The maximum absolute atomic E-state index is 11.7. The SMILES string of the molecule is Cc1ccc(CCC(=O)NCCCC(C)CO)cc1Cl. The third-order valence-corrected chi connectivity index (χ3v) is 3.79.